The number of nitrogens with zero attached hydrogens (tertiary/aromatic N) is 3. The summed E-state index contributed by atoms with van der Waals surface area (Å²) in [5.41, 5.74) is -2.61. The molecule has 2 saturated heterocycles. The number of amides is 2. The number of likely N-dealkylation sites (tertiary alicyclic amines) is 2. The molecule has 3 atom stereocenters. The molecule has 0 spiro atoms. The summed E-state index contributed by atoms with van der Waals surface area (Å²) in [4.78, 5) is 73.2. The molecule has 0 aliphatic carbocycles. The molecule has 5 rings (SSSR count). The molecule has 0 N–H and O–H groups in total. The highest BCUT2D eigenvalue weighted by molar-refractivity contribution is 6.33. The van der Waals surface area contributed by atoms with Crippen LogP contribution in [0.2, 0.25) is 5.02 Å². The van der Waals surface area contributed by atoms with E-state index in [4.69, 9.17) is 44.4 Å². The molecule has 328 valence electrons. The molecule has 16 heteroatoms. The van der Waals surface area contributed by atoms with Gasteiger partial charge < -0.3 is 47.5 Å². The molecule has 3 aromatic rings. The summed E-state index contributed by atoms with van der Waals surface area (Å²) in [7, 11) is 3.41. The first-order valence-electron chi connectivity index (χ1n) is 20.2. The van der Waals surface area contributed by atoms with Crippen molar-refractivity contribution in [3.05, 3.63) is 57.2 Å². The van der Waals surface area contributed by atoms with Crippen LogP contribution < -0.4 is 14.9 Å². The molecular formula is C44H58ClN3O12. The van der Waals surface area contributed by atoms with Gasteiger partial charge in [0.1, 0.15) is 45.4 Å². The van der Waals surface area contributed by atoms with Gasteiger partial charge in [-0.3, -0.25) is 4.79 Å². The van der Waals surface area contributed by atoms with E-state index in [1.54, 1.807) is 98.5 Å². The number of likely N-dealkylation sites (N-methyl/N-ethyl adjacent to an activating group) is 2. The van der Waals surface area contributed by atoms with Crippen molar-refractivity contribution in [1.82, 2.24) is 14.7 Å². The van der Waals surface area contributed by atoms with Crippen molar-refractivity contribution in [2.75, 3.05) is 40.3 Å². The van der Waals surface area contributed by atoms with Crippen LogP contribution in [0.3, 0.4) is 0 Å². The summed E-state index contributed by atoms with van der Waals surface area (Å²) in [5.74, 6) is -1.09. The molecule has 2 aliphatic heterocycles. The number of carbonyl (C=O) groups excluding carboxylic acids is 4. The molecule has 2 amide bonds. The van der Waals surface area contributed by atoms with E-state index >= 15 is 0 Å². The highest BCUT2D eigenvalue weighted by Gasteiger charge is 2.40. The van der Waals surface area contributed by atoms with Crippen LogP contribution in [0.1, 0.15) is 99.5 Å². The molecule has 2 aliphatic rings. The smallest absolute Gasteiger partial charge is 0.455 e. The van der Waals surface area contributed by atoms with E-state index in [-0.39, 0.29) is 52.9 Å². The third-order valence-electron chi connectivity index (χ3n) is 9.71. The van der Waals surface area contributed by atoms with Gasteiger partial charge in [0.2, 0.25) is 0 Å². The maximum atomic E-state index is 14.3. The quantitative estimate of drug-likeness (QED) is 0.126. The molecule has 0 saturated carbocycles. The summed E-state index contributed by atoms with van der Waals surface area (Å²) in [5, 5.41) is 0.148. The van der Waals surface area contributed by atoms with E-state index in [1.807, 2.05) is 11.9 Å². The Morgan fingerprint density at radius 2 is 1.48 bits per heavy atom. The number of halogens is 1. The Hall–Kier alpha value is -5.02. The van der Waals surface area contributed by atoms with Gasteiger partial charge >= 0.3 is 24.5 Å². The summed E-state index contributed by atoms with van der Waals surface area (Å²) < 4.78 is 41.2. The minimum atomic E-state index is -1.12. The predicted molar refractivity (Wildman–Crippen MR) is 225 cm³/mol. The highest BCUT2D eigenvalue weighted by Crippen LogP contribution is 2.45. The van der Waals surface area contributed by atoms with Gasteiger partial charge in [0.25, 0.3) is 0 Å². The lowest BCUT2D eigenvalue weighted by Crippen LogP contribution is -2.51. The summed E-state index contributed by atoms with van der Waals surface area (Å²) >= 11 is 6.61. The van der Waals surface area contributed by atoms with Gasteiger partial charge in [0, 0.05) is 55.9 Å². The molecule has 0 bridgehead atoms. The molecule has 60 heavy (non-hydrogen) atoms. The van der Waals surface area contributed by atoms with Gasteiger partial charge in [-0.15, -0.1) is 0 Å². The second kappa shape index (κ2) is 18.3. The summed E-state index contributed by atoms with van der Waals surface area (Å²) in [6.45, 7) is 16.8. The van der Waals surface area contributed by atoms with Crippen LogP contribution in [0, 0.1) is 0 Å². The van der Waals surface area contributed by atoms with Gasteiger partial charge in [-0.1, -0.05) is 23.7 Å². The SMILES string of the molecule is CN1CC[C@H](c2c(OC(=O)N(C)C[C@@H]3CCCCN3C(=O)OC(C)(C)C)cc(OC(=O)OC(C)(C)C)c3c(=O)cc(-c4ccccc4Cl)oc23)[C@H](OC(=O)OC(C)(C)C)C1. The lowest BCUT2D eigenvalue weighted by atomic mass is 9.85. The number of benzene rings is 2. The van der Waals surface area contributed by atoms with E-state index in [9.17, 15) is 24.0 Å². The van der Waals surface area contributed by atoms with E-state index in [1.165, 1.54) is 17.0 Å². The Morgan fingerprint density at radius 3 is 2.13 bits per heavy atom. The first-order valence-corrected chi connectivity index (χ1v) is 20.6. The van der Waals surface area contributed by atoms with Crippen LogP contribution in [-0.4, -0.2) is 108 Å². The number of carbonyl (C=O) groups is 4. The largest absolute Gasteiger partial charge is 0.514 e. The van der Waals surface area contributed by atoms with Crippen molar-refractivity contribution in [2.45, 2.75) is 123 Å². The normalized spacial score (nSPS) is 19.0. The standard InChI is InChI=1S/C44H58ClN3O12/c1-42(2,3)58-39(51)48-20-15-14-16-26(48)24-47(11)38(50)55-32-23-33(56-40(52)59-43(4,5)6)36-30(49)22-31(27-17-12-13-18-29(27)45)54-37(36)35(32)28-19-21-46(10)25-34(28)57-41(53)60-44(7,8)9/h12-13,17-18,22-23,26,28,34H,14-16,19-21,24-25H2,1-11H3/t26-,28-,34+/m0/s1. The molecule has 2 aromatic carbocycles. The van der Waals surface area contributed by atoms with Crippen molar-refractivity contribution in [2.24, 2.45) is 0 Å². The zero-order chi connectivity index (χ0) is 44.3. The predicted octanol–water partition coefficient (Wildman–Crippen LogP) is 9.39. The molecule has 0 radical (unpaired) electrons. The minimum Gasteiger partial charge on any atom is -0.455 e. The zero-order valence-corrected chi connectivity index (χ0v) is 37.2. The minimum absolute atomic E-state index is 0.0835. The molecule has 2 fully saturated rings. The average molecular weight is 856 g/mol. The maximum Gasteiger partial charge on any atom is 0.514 e. The number of rotatable bonds is 7. The molecule has 1 aromatic heterocycles. The number of piperidine rings is 2. The first-order chi connectivity index (χ1) is 27.9. The highest BCUT2D eigenvalue weighted by atomic mass is 35.5. The van der Waals surface area contributed by atoms with Crippen LogP contribution in [0.25, 0.3) is 22.3 Å². The van der Waals surface area contributed by atoms with Gasteiger partial charge in [-0.05, 0) is 114 Å². The van der Waals surface area contributed by atoms with Crippen molar-refractivity contribution in [3.8, 4) is 22.8 Å². The number of hydrogen-bond acceptors (Lipinski definition) is 13. The second-order valence-corrected chi connectivity index (χ2v) is 18.8. The Morgan fingerprint density at radius 1 is 0.833 bits per heavy atom. The Kier molecular flexibility index (Phi) is 14.0. The summed E-state index contributed by atoms with van der Waals surface area (Å²) in [6.07, 6.45) is -1.63. The lowest BCUT2D eigenvalue weighted by Gasteiger charge is -2.38. The number of hydrogen-bond donors (Lipinski definition) is 0. The van der Waals surface area contributed by atoms with Gasteiger partial charge in [0.15, 0.2) is 11.2 Å². The fourth-order valence-corrected chi connectivity index (χ4v) is 7.43. The van der Waals surface area contributed by atoms with Crippen molar-refractivity contribution >= 4 is 47.1 Å². The topological polar surface area (TPSA) is 164 Å². The van der Waals surface area contributed by atoms with Gasteiger partial charge in [0.05, 0.1) is 11.1 Å². The van der Waals surface area contributed by atoms with Crippen molar-refractivity contribution < 1.29 is 52.0 Å². The fraction of sp³-hybridized carbons (Fsp3) is 0.568. The average Bonchev–Trinajstić information content (AvgIpc) is 3.10. The van der Waals surface area contributed by atoms with E-state index in [0.29, 0.717) is 36.5 Å². The van der Waals surface area contributed by atoms with Crippen LogP contribution in [0.5, 0.6) is 11.5 Å². The monoisotopic (exact) mass is 855 g/mol. The Labute approximate surface area is 356 Å². The van der Waals surface area contributed by atoms with E-state index in [2.05, 4.69) is 0 Å². The summed E-state index contributed by atoms with van der Waals surface area (Å²) in [6, 6.07) is 8.92. The third kappa shape index (κ3) is 12.1. The van der Waals surface area contributed by atoms with Gasteiger partial charge in [-0.25, -0.2) is 19.2 Å². The van der Waals surface area contributed by atoms with Crippen molar-refractivity contribution in [1.29, 1.82) is 0 Å². The van der Waals surface area contributed by atoms with E-state index in [0.717, 1.165) is 12.8 Å². The number of fused-ring (bicyclic) bond motifs is 1. The fourth-order valence-electron chi connectivity index (χ4n) is 7.20. The van der Waals surface area contributed by atoms with Crippen LogP contribution in [-0.2, 0) is 18.9 Å². The zero-order valence-electron chi connectivity index (χ0n) is 36.5. The van der Waals surface area contributed by atoms with Crippen LogP contribution >= 0.6 is 11.6 Å². The second-order valence-electron chi connectivity index (χ2n) is 18.4. The van der Waals surface area contributed by atoms with Gasteiger partial charge in [-0.2, -0.15) is 0 Å². The maximum absolute atomic E-state index is 14.3. The Balaban J connectivity index is 1.68. The lowest BCUT2D eigenvalue weighted by molar-refractivity contribution is -0.0461. The van der Waals surface area contributed by atoms with Crippen LogP contribution in [0.4, 0.5) is 19.2 Å². The Bertz CT molecular complexity index is 2130. The molecular weight excluding hydrogens is 798 g/mol. The number of ether oxygens (including phenoxy) is 6. The molecule has 15 nitrogen and oxygen atoms in total. The molecule has 0 unspecified atom stereocenters. The third-order valence-corrected chi connectivity index (χ3v) is 10.0. The van der Waals surface area contributed by atoms with Crippen molar-refractivity contribution in [3.63, 3.8) is 0 Å². The van der Waals surface area contributed by atoms with Crippen LogP contribution in [0.15, 0.2) is 45.6 Å². The first kappa shape index (κ1) is 46.1. The molecule has 3 heterocycles. The van der Waals surface area contributed by atoms with E-state index < -0.39 is 58.8 Å².